The number of hydrogen-bond donors (Lipinski definition) is 1. The van der Waals surface area contributed by atoms with E-state index in [4.69, 9.17) is 4.74 Å². The first-order valence-corrected chi connectivity index (χ1v) is 9.68. The van der Waals surface area contributed by atoms with Gasteiger partial charge in [0, 0.05) is 24.3 Å². The van der Waals surface area contributed by atoms with Crippen LogP contribution >= 0.6 is 0 Å². The Balaban J connectivity index is 1.70. The molecular formula is C22H27FN4O. The first-order valence-electron chi connectivity index (χ1n) is 9.68. The van der Waals surface area contributed by atoms with Gasteiger partial charge in [0.2, 0.25) is 0 Å². The molecule has 0 saturated carbocycles. The van der Waals surface area contributed by atoms with Crippen LogP contribution in [0, 0.1) is 5.82 Å². The Morgan fingerprint density at radius 3 is 2.54 bits per heavy atom. The zero-order chi connectivity index (χ0) is 19.8. The second-order valence-corrected chi connectivity index (χ2v) is 6.93. The van der Waals surface area contributed by atoms with Crippen molar-refractivity contribution in [2.45, 2.75) is 39.5 Å². The predicted molar refractivity (Wildman–Crippen MR) is 108 cm³/mol. The molecule has 6 heteroatoms. The second kappa shape index (κ2) is 10.1. The molecule has 3 aromatic rings. The number of nitrogens with one attached hydrogen (secondary N) is 1. The van der Waals surface area contributed by atoms with Gasteiger partial charge in [0.1, 0.15) is 17.2 Å². The van der Waals surface area contributed by atoms with Crippen LogP contribution in [0.2, 0.25) is 0 Å². The topological polar surface area (TPSA) is 52.0 Å². The van der Waals surface area contributed by atoms with Crippen molar-refractivity contribution in [3.63, 3.8) is 0 Å². The van der Waals surface area contributed by atoms with Gasteiger partial charge in [-0.05, 0) is 32.9 Å². The maximum Gasteiger partial charge on any atom is 0.128 e. The molecule has 0 amide bonds. The number of nitrogens with zero attached hydrogens (tertiary/aromatic N) is 3. The number of benzene rings is 2. The van der Waals surface area contributed by atoms with E-state index in [0.29, 0.717) is 18.7 Å². The van der Waals surface area contributed by atoms with Gasteiger partial charge >= 0.3 is 0 Å². The average Bonchev–Trinajstić information content (AvgIpc) is 3.09. The summed E-state index contributed by atoms with van der Waals surface area (Å²) in [5.41, 5.74) is 3.25. The quantitative estimate of drug-likeness (QED) is 0.538. The lowest BCUT2D eigenvalue weighted by Crippen LogP contribution is -2.18. The number of ether oxygens (including phenoxy) is 1. The van der Waals surface area contributed by atoms with Crippen molar-refractivity contribution in [3.8, 4) is 11.3 Å². The van der Waals surface area contributed by atoms with Crippen LogP contribution < -0.4 is 5.32 Å². The van der Waals surface area contributed by atoms with Gasteiger partial charge in [0.05, 0.1) is 12.6 Å². The van der Waals surface area contributed by atoms with Gasteiger partial charge in [-0.2, -0.15) is 15.0 Å². The van der Waals surface area contributed by atoms with Crippen LogP contribution in [0.4, 0.5) is 4.39 Å². The molecule has 0 atom stereocenters. The van der Waals surface area contributed by atoms with E-state index in [0.717, 1.165) is 36.5 Å². The van der Waals surface area contributed by atoms with Crippen molar-refractivity contribution in [1.29, 1.82) is 0 Å². The molecule has 0 saturated heterocycles. The van der Waals surface area contributed by atoms with Crippen LogP contribution in [0.5, 0.6) is 0 Å². The molecule has 0 aliphatic heterocycles. The fraction of sp³-hybridized carbons (Fsp3) is 0.364. The highest BCUT2D eigenvalue weighted by Gasteiger charge is 2.14. The summed E-state index contributed by atoms with van der Waals surface area (Å²) in [5, 5.41) is 12.6. The molecule has 1 N–H and O–H groups in total. The molecule has 2 aromatic carbocycles. The Kier molecular flexibility index (Phi) is 7.28. The Morgan fingerprint density at radius 2 is 1.79 bits per heavy atom. The first kappa shape index (κ1) is 20.2. The maximum atomic E-state index is 14.0. The van der Waals surface area contributed by atoms with E-state index >= 15 is 0 Å². The van der Waals surface area contributed by atoms with E-state index < -0.39 is 0 Å². The van der Waals surface area contributed by atoms with Gasteiger partial charge in [0.25, 0.3) is 0 Å². The molecule has 0 bridgehead atoms. The van der Waals surface area contributed by atoms with Crippen LogP contribution in [0.15, 0.2) is 54.6 Å². The molecule has 5 nitrogen and oxygen atoms in total. The maximum absolute atomic E-state index is 14.0. The monoisotopic (exact) mass is 382 g/mol. The standard InChI is InChI=1S/C22H27FN4O/c1-17(2)28-14-8-13-24-15-21-22(18-9-4-3-5-10-18)26-27(25-21)16-19-11-6-7-12-20(19)23/h3-7,9-12,17,24H,8,13-16H2,1-2H3. The highest BCUT2D eigenvalue weighted by Crippen LogP contribution is 2.20. The van der Waals surface area contributed by atoms with E-state index in [9.17, 15) is 4.39 Å². The van der Waals surface area contributed by atoms with Gasteiger partial charge in [-0.3, -0.25) is 0 Å². The van der Waals surface area contributed by atoms with E-state index in [2.05, 4.69) is 15.5 Å². The Morgan fingerprint density at radius 1 is 1.04 bits per heavy atom. The molecule has 148 valence electrons. The summed E-state index contributed by atoms with van der Waals surface area (Å²) in [7, 11) is 0. The molecule has 28 heavy (non-hydrogen) atoms. The molecule has 0 aliphatic rings. The summed E-state index contributed by atoms with van der Waals surface area (Å²) in [6, 6.07) is 16.7. The van der Waals surface area contributed by atoms with E-state index in [1.54, 1.807) is 16.9 Å². The Bertz CT molecular complexity index is 864. The first-order chi connectivity index (χ1) is 13.6. The molecule has 0 aliphatic carbocycles. The van der Waals surface area contributed by atoms with E-state index in [-0.39, 0.29) is 11.9 Å². The minimum absolute atomic E-state index is 0.245. The van der Waals surface area contributed by atoms with Crippen LogP contribution in [0.3, 0.4) is 0 Å². The molecule has 1 heterocycles. The number of halogens is 1. The zero-order valence-electron chi connectivity index (χ0n) is 16.4. The highest BCUT2D eigenvalue weighted by molar-refractivity contribution is 5.60. The molecular weight excluding hydrogens is 355 g/mol. The molecule has 0 unspecified atom stereocenters. The smallest absolute Gasteiger partial charge is 0.128 e. The molecule has 3 rings (SSSR count). The van der Waals surface area contributed by atoms with Crippen molar-refractivity contribution in [2.75, 3.05) is 13.2 Å². The fourth-order valence-electron chi connectivity index (χ4n) is 2.89. The van der Waals surface area contributed by atoms with Gasteiger partial charge < -0.3 is 10.1 Å². The minimum Gasteiger partial charge on any atom is -0.379 e. The summed E-state index contributed by atoms with van der Waals surface area (Å²) >= 11 is 0. The van der Waals surface area contributed by atoms with E-state index in [1.807, 2.05) is 50.2 Å². The van der Waals surface area contributed by atoms with Gasteiger partial charge in [-0.15, -0.1) is 0 Å². The van der Waals surface area contributed by atoms with Crippen molar-refractivity contribution < 1.29 is 9.13 Å². The van der Waals surface area contributed by atoms with Crippen LogP contribution in [0.1, 0.15) is 31.5 Å². The van der Waals surface area contributed by atoms with Crippen molar-refractivity contribution in [3.05, 3.63) is 71.7 Å². The molecule has 1 aromatic heterocycles. The third-order valence-corrected chi connectivity index (χ3v) is 4.28. The predicted octanol–water partition coefficient (Wildman–Crippen LogP) is 4.04. The van der Waals surface area contributed by atoms with Crippen LogP contribution in [-0.4, -0.2) is 34.2 Å². The number of aromatic nitrogens is 3. The summed E-state index contributed by atoms with van der Waals surface area (Å²) in [4.78, 5) is 1.57. The van der Waals surface area contributed by atoms with Gasteiger partial charge in [0.15, 0.2) is 0 Å². The average molecular weight is 382 g/mol. The molecule has 0 fully saturated rings. The number of hydrogen-bond acceptors (Lipinski definition) is 4. The normalized spacial score (nSPS) is 11.3. The van der Waals surface area contributed by atoms with Crippen molar-refractivity contribution in [1.82, 2.24) is 20.3 Å². The summed E-state index contributed by atoms with van der Waals surface area (Å²) < 4.78 is 19.6. The zero-order valence-corrected chi connectivity index (χ0v) is 16.4. The molecule has 0 radical (unpaired) electrons. The number of rotatable bonds is 10. The lowest BCUT2D eigenvalue weighted by Gasteiger charge is -2.07. The minimum atomic E-state index is -0.245. The van der Waals surface area contributed by atoms with Gasteiger partial charge in [-0.1, -0.05) is 48.5 Å². The Hall–Kier alpha value is -2.57. The van der Waals surface area contributed by atoms with Crippen molar-refractivity contribution >= 4 is 0 Å². The van der Waals surface area contributed by atoms with Crippen LogP contribution in [0.25, 0.3) is 11.3 Å². The fourth-order valence-corrected chi connectivity index (χ4v) is 2.89. The summed E-state index contributed by atoms with van der Waals surface area (Å²) in [6.45, 7) is 6.54. The van der Waals surface area contributed by atoms with Gasteiger partial charge in [-0.25, -0.2) is 4.39 Å². The lowest BCUT2D eigenvalue weighted by molar-refractivity contribution is 0.0770. The lowest BCUT2D eigenvalue weighted by atomic mass is 10.1. The highest BCUT2D eigenvalue weighted by atomic mass is 19.1. The largest absolute Gasteiger partial charge is 0.379 e. The SMILES string of the molecule is CC(C)OCCCNCc1nn(Cc2ccccc2F)nc1-c1ccccc1. The van der Waals surface area contributed by atoms with E-state index in [1.165, 1.54) is 6.07 Å². The van der Waals surface area contributed by atoms with Crippen molar-refractivity contribution in [2.24, 2.45) is 0 Å². The Labute approximate surface area is 165 Å². The third-order valence-electron chi connectivity index (χ3n) is 4.28. The van der Waals surface area contributed by atoms with Crippen LogP contribution in [-0.2, 0) is 17.8 Å². The second-order valence-electron chi connectivity index (χ2n) is 6.93. The third kappa shape index (κ3) is 5.71. The molecule has 0 spiro atoms. The summed E-state index contributed by atoms with van der Waals surface area (Å²) in [6.07, 6.45) is 1.19. The summed E-state index contributed by atoms with van der Waals surface area (Å²) in [5.74, 6) is -0.245.